The zero-order chi connectivity index (χ0) is 21.8. The van der Waals surface area contributed by atoms with Gasteiger partial charge < -0.3 is 14.6 Å². The van der Waals surface area contributed by atoms with Crippen LogP contribution in [0.25, 0.3) is 11.8 Å². The monoisotopic (exact) mass is 419 g/mol. The number of methoxy groups -OCH3 is 1. The van der Waals surface area contributed by atoms with Crippen LogP contribution in [0.4, 0.5) is 5.69 Å². The topological polar surface area (TPSA) is 67.0 Å². The van der Waals surface area contributed by atoms with Gasteiger partial charge in [-0.1, -0.05) is 17.7 Å². The normalized spacial score (nSPS) is 11.1. The number of nitrogens with zero attached hydrogens (tertiary/aromatic N) is 2. The molecule has 1 amide bonds. The van der Waals surface area contributed by atoms with Crippen molar-refractivity contribution in [2.24, 2.45) is 0 Å². The maximum atomic E-state index is 12.6. The zero-order valence-corrected chi connectivity index (χ0v) is 18.0. The number of carbonyl (C=O) groups is 1. The molecule has 152 valence electrons. The Hall–Kier alpha value is -3.49. The Morgan fingerprint density at radius 1 is 1.13 bits per heavy atom. The van der Waals surface area contributed by atoms with Crippen LogP contribution < -0.4 is 10.1 Å². The van der Waals surface area contributed by atoms with Crippen molar-refractivity contribution < 1.29 is 9.53 Å². The number of aryl methyl sites for hydroxylation is 2. The Morgan fingerprint density at radius 2 is 1.83 bits per heavy atom. The standard InChI is InChI=1S/C24H22ClN3O2/c1-15-5-10-23(30-4)22(11-15)28-16(2)12-18(17(28)3)13-19(14-26)24(29)27-21-8-6-20(25)7-9-21/h5-13H,1-4H3,(H,27,29)/b19-13-. The minimum atomic E-state index is -0.474. The SMILES string of the molecule is COc1ccc(C)cc1-n1c(C)cc(/C=C(/C#N)C(=O)Nc2ccc(Cl)cc2)c1C. The van der Waals surface area contributed by atoms with Crippen molar-refractivity contribution in [2.75, 3.05) is 12.4 Å². The summed E-state index contributed by atoms with van der Waals surface area (Å²) in [6.45, 7) is 5.95. The van der Waals surface area contributed by atoms with E-state index in [1.807, 2.05) is 51.1 Å². The lowest BCUT2D eigenvalue weighted by Crippen LogP contribution is -2.13. The minimum Gasteiger partial charge on any atom is -0.495 e. The molecule has 0 unspecified atom stereocenters. The molecule has 0 aliphatic carbocycles. The van der Waals surface area contributed by atoms with Crippen LogP contribution in [-0.4, -0.2) is 17.6 Å². The summed E-state index contributed by atoms with van der Waals surface area (Å²) in [7, 11) is 1.64. The number of hydrogen-bond acceptors (Lipinski definition) is 3. The molecule has 0 bridgehead atoms. The third kappa shape index (κ3) is 4.40. The van der Waals surface area contributed by atoms with Gasteiger partial charge in [-0.15, -0.1) is 0 Å². The molecule has 1 aromatic heterocycles. The van der Waals surface area contributed by atoms with Crippen LogP contribution in [0.1, 0.15) is 22.5 Å². The molecular weight excluding hydrogens is 398 g/mol. The van der Waals surface area contributed by atoms with Gasteiger partial charge in [-0.3, -0.25) is 4.79 Å². The second-order valence-electron chi connectivity index (χ2n) is 6.97. The first-order valence-corrected chi connectivity index (χ1v) is 9.74. The quantitative estimate of drug-likeness (QED) is 0.431. The maximum absolute atomic E-state index is 12.6. The molecule has 0 fully saturated rings. The molecule has 0 radical (unpaired) electrons. The van der Waals surface area contributed by atoms with E-state index in [9.17, 15) is 10.1 Å². The lowest BCUT2D eigenvalue weighted by Gasteiger charge is -2.14. The summed E-state index contributed by atoms with van der Waals surface area (Å²) in [5, 5.41) is 12.9. The summed E-state index contributed by atoms with van der Waals surface area (Å²) in [5.41, 5.74) is 5.27. The van der Waals surface area contributed by atoms with Gasteiger partial charge >= 0.3 is 0 Å². The molecule has 3 aromatic rings. The van der Waals surface area contributed by atoms with Crippen molar-refractivity contribution in [1.29, 1.82) is 5.26 Å². The van der Waals surface area contributed by atoms with Gasteiger partial charge in [-0.2, -0.15) is 5.26 Å². The van der Waals surface area contributed by atoms with Gasteiger partial charge in [-0.05, 0) is 80.4 Å². The van der Waals surface area contributed by atoms with Crippen molar-refractivity contribution in [2.45, 2.75) is 20.8 Å². The Bertz CT molecular complexity index is 1170. The number of benzene rings is 2. The summed E-state index contributed by atoms with van der Waals surface area (Å²) in [5.74, 6) is 0.275. The van der Waals surface area contributed by atoms with Crippen LogP contribution in [0.2, 0.25) is 5.02 Å². The number of aromatic nitrogens is 1. The average Bonchev–Trinajstić information content (AvgIpc) is 3.00. The van der Waals surface area contributed by atoms with Crippen LogP contribution >= 0.6 is 11.6 Å². The van der Waals surface area contributed by atoms with Crippen molar-refractivity contribution in [3.05, 3.63) is 81.6 Å². The number of ether oxygens (including phenoxy) is 1. The van der Waals surface area contributed by atoms with Crippen molar-refractivity contribution in [1.82, 2.24) is 4.57 Å². The Kier molecular flexibility index (Phi) is 6.29. The van der Waals surface area contributed by atoms with E-state index >= 15 is 0 Å². The van der Waals surface area contributed by atoms with E-state index in [2.05, 4.69) is 9.88 Å². The molecule has 1 N–H and O–H groups in total. The van der Waals surface area contributed by atoms with Crippen molar-refractivity contribution >= 4 is 29.3 Å². The zero-order valence-electron chi connectivity index (χ0n) is 17.3. The predicted octanol–water partition coefficient (Wildman–Crippen LogP) is 5.61. The molecule has 0 saturated carbocycles. The van der Waals surface area contributed by atoms with E-state index in [-0.39, 0.29) is 5.57 Å². The summed E-state index contributed by atoms with van der Waals surface area (Å²) in [6, 6.07) is 16.6. The van der Waals surface area contributed by atoms with Crippen LogP contribution in [0.15, 0.2) is 54.1 Å². The highest BCUT2D eigenvalue weighted by molar-refractivity contribution is 6.30. The van der Waals surface area contributed by atoms with Crippen molar-refractivity contribution in [3.63, 3.8) is 0 Å². The first-order valence-electron chi connectivity index (χ1n) is 9.36. The highest BCUT2D eigenvalue weighted by Gasteiger charge is 2.16. The molecule has 30 heavy (non-hydrogen) atoms. The van der Waals surface area contributed by atoms with E-state index in [0.29, 0.717) is 10.7 Å². The maximum Gasteiger partial charge on any atom is 0.266 e. The number of halogens is 1. The van der Waals surface area contributed by atoms with Crippen LogP contribution in [-0.2, 0) is 4.79 Å². The third-order valence-electron chi connectivity index (χ3n) is 4.81. The molecular formula is C24H22ClN3O2. The predicted molar refractivity (Wildman–Crippen MR) is 120 cm³/mol. The summed E-state index contributed by atoms with van der Waals surface area (Å²) < 4.78 is 7.59. The van der Waals surface area contributed by atoms with Gasteiger partial charge in [0.2, 0.25) is 0 Å². The smallest absolute Gasteiger partial charge is 0.266 e. The summed E-state index contributed by atoms with van der Waals surface area (Å²) in [4.78, 5) is 12.6. The third-order valence-corrected chi connectivity index (χ3v) is 5.06. The molecule has 0 aliphatic rings. The fraction of sp³-hybridized carbons (Fsp3) is 0.167. The number of carbonyl (C=O) groups excluding carboxylic acids is 1. The molecule has 1 heterocycles. The van der Waals surface area contributed by atoms with Gasteiger partial charge in [0, 0.05) is 22.1 Å². The van der Waals surface area contributed by atoms with Crippen LogP contribution in [0, 0.1) is 32.1 Å². The molecule has 0 spiro atoms. The average molecular weight is 420 g/mol. The largest absolute Gasteiger partial charge is 0.495 e. The second-order valence-corrected chi connectivity index (χ2v) is 7.40. The molecule has 3 rings (SSSR count). The van der Waals surface area contributed by atoms with Gasteiger partial charge in [0.05, 0.1) is 12.8 Å². The van der Waals surface area contributed by atoms with Gasteiger partial charge in [0.15, 0.2) is 0 Å². The number of anilines is 1. The van der Waals surface area contributed by atoms with Gasteiger partial charge in [0.25, 0.3) is 5.91 Å². The fourth-order valence-electron chi connectivity index (χ4n) is 3.31. The van der Waals surface area contributed by atoms with Crippen LogP contribution in [0.3, 0.4) is 0 Å². The Balaban J connectivity index is 1.98. The lowest BCUT2D eigenvalue weighted by atomic mass is 10.1. The first-order chi connectivity index (χ1) is 14.3. The summed E-state index contributed by atoms with van der Waals surface area (Å²) in [6.07, 6.45) is 1.60. The first kappa shape index (κ1) is 21.2. The Labute approximate surface area is 181 Å². The number of rotatable bonds is 5. The fourth-order valence-corrected chi connectivity index (χ4v) is 3.44. The molecule has 0 atom stereocenters. The highest BCUT2D eigenvalue weighted by atomic mass is 35.5. The number of amides is 1. The van der Waals surface area contributed by atoms with E-state index < -0.39 is 5.91 Å². The molecule has 0 aliphatic heterocycles. The highest BCUT2D eigenvalue weighted by Crippen LogP contribution is 2.30. The van der Waals surface area contributed by atoms with Gasteiger partial charge in [-0.25, -0.2) is 0 Å². The molecule has 5 nitrogen and oxygen atoms in total. The second kappa shape index (κ2) is 8.89. The van der Waals surface area contributed by atoms with E-state index in [0.717, 1.165) is 34.0 Å². The van der Waals surface area contributed by atoms with Crippen LogP contribution in [0.5, 0.6) is 5.75 Å². The van der Waals surface area contributed by atoms with Gasteiger partial charge in [0.1, 0.15) is 17.4 Å². The lowest BCUT2D eigenvalue weighted by molar-refractivity contribution is -0.112. The Morgan fingerprint density at radius 3 is 2.47 bits per heavy atom. The number of nitrogens with one attached hydrogen (secondary N) is 1. The summed E-state index contributed by atoms with van der Waals surface area (Å²) >= 11 is 5.87. The van der Waals surface area contributed by atoms with E-state index in [1.165, 1.54) is 0 Å². The molecule has 2 aromatic carbocycles. The molecule has 6 heteroatoms. The number of hydrogen-bond donors (Lipinski definition) is 1. The molecule has 0 saturated heterocycles. The van der Waals surface area contributed by atoms with E-state index in [4.69, 9.17) is 16.3 Å². The van der Waals surface area contributed by atoms with E-state index in [1.54, 1.807) is 37.5 Å². The minimum absolute atomic E-state index is 0.0152. The van der Waals surface area contributed by atoms with Crippen molar-refractivity contribution in [3.8, 4) is 17.5 Å². The number of nitriles is 1.